The number of carbonyl (C=O) groups is 1. The van der Waals surface area contributed by atoms with Gasteiger partial charge in [-0.2, -0.15) is 5.26 Å². The molecule has 0 unspecified atom stereocenters. The maximum atomic E-state index is 13.3. The van der Waals surface area contributed by atoms with Gasteiger partial charge in [-0.1, -0.05) is 11.3 Å². The van der Waals surface area contributed by atoms with Crippen LogP contribution in [0.3, 0.4) is 0 Å². The number of aryl methyl sites for hydroxylation is 1. The van der Waals surface area contributed by atoms with E-state index >= 15 is 0 Å². The number of ether oxygens (including phenoxy) is 1. The standard InChI is InChI=1S/C26H18N6O2S/c1-15-8-18(19-9-16(11-27)5-6-23(19)34-2)20(13-29-15)25(33)32-26-31-22-10-21(30-14-24(22)35-26)17-4-3-7-28-12-17/h3-10,12-14H,1-2H3,(H,31,32,33). The molecule has 5 rings (SSSR count). The van der Waals surface area contributed by atoms with Gasteiger partial charge in [0.05, 0.1) is 40.2 Å². The summed E-state index contributed by atoms with van der Waals surface area (Å²) < 4.78 is 6.34. The molecule has 0 aliphatic rings. The maximum Gasteiger partial charge on any atom is 0.259 e. The number of carbonyl (C=O) groups excluding carboxylic acids is 1. The van der Waals surface area contributed by atoms with E-state index in [4.69, 9.17) is 4.74 Å². The van der Waals surface area contributed by atoms with Crippen LogP contribution >= 0.6 is 11.3 Å². The molecule has 4 heterocycles. The molecule has 35 heavy (non-hydrogen) atoms. The second kappa shape index (κ2) is 9.29. The van der Waals surface area contributed by atoms with Gasteiger partial charge in [0.15, 0.2) is 5.13 Å². The lowest BCUT2D eigenvalue weighted by Crippen LogP contribution is -2.14. The molecule has 8 nitrogen and oxygen atoms in total. The van der Waals surface area contributed by atoms with Crippen LogP contribution < -0.4 is 10.1 Å². The maximum absolute atomic E-state index is 13.3. The monoisotopic (exact) mass is 478 g/mol. The van der Waals surface area contributed by atoms with E-state index in [-0.39, 0.29) is 5.91 Å². The number of nitriles is 1. The van der Waals surface area contributed by atoms with E-state index in [1.165, 1.54) is 17.5 Å². The number of methoxy groups -OCH3 is 1. The van der Waals surface area contributed by atoms with Gasteiger partial charge < -0.3 is 4.74 Å². The predicted octanol–water partition coefficient (Wildman–Crippen LogP) is 5.26. The Morgan fingerprint density at radius 1 is 1.09 bits per heavy atom. The van der Waals surface area contributed by atoms with Crippen molar-refractivity contribution in [3.8, 4) is 34.2 Å². The lowest BCUT2D eigenvalue weighted by Gasteiger charge is -2.13. The summed E-state index contributed by atoms with van der Waals surface area (Å²) in [6, 6.07) is 14.7. The van der Waals surface area contributed by atoms with Gasteiger partial charge in [-0.05, 0) is 49.4 Å². The minimum absolute atomic E-state index is 0.345. The van der Waals surface area contributed by atoms with Gasteiger partial charge in [-0.25, -0.2) is 4.98 Å². The third kappa shape index (κ3) is 4.43. The van der Waals surface area contributed by atoms with Gasteiger partial charge in [0.25, 0.3) is 5.91 Å². The van der Waals surface area contributed by atoms with E-state index in [9.17, 15) is 10.1 Å². The lowest BCUT2D eigenvalue weighted by molar-refractivity contribution is 0.102. The van der Waals surface area contributed by atoms with Crippen LogP contribution in [0.25, 0.3) is 32.6 Å². The molecule has 1 N–H and O–H groups in total. The summed E-state index contributed by atoms with van der Waals surface area (Å²) in [5.41, 5.74) is 5.16. The highest BCUT2D eigenvalue weighted by Gasteiger charge is 2.19. The molecule has 0 fully saturated rings. The molecular formula is C26H18N6O2S. The molecule has 0 atom stereocenters. The molecule has 1 amide bonds. The summed E-state index contributed by atoms with van der Waals surface area (Å²) in [6.45, 7) is 1.84. The van der Waals surface area contributed by atoms with Crippen molar-refractivity contribution < 1.29 is 9.53 Å². The molecule has 0 spiro atoms. The fourth-order valence-electron chi connectivity index (χ4n) is 3.68. The van der Waals surface area contributed by atoms with Crippen LogP contribution in [-0.4, -0.2) is 33.0 Å². The average Bonchev–Trinajstić information content (AvgIpc) is 3.30. The first-order valence-corrected chi connectivity index (χ1v) is 11.4. The molecule has 9 heteroatoms. The zero-order chi connectivity index (χ0) is 24.4. The van der Waals surface area contributed by atoms with Gasteiger partial charge in [0.2, 0.25) is 0 Å². The number of nitrogens with zero attached hydrogens (tertiary/aromatic N) is 5. The van der Waals surface area contributed by atoms with Crippen LogP contribution in [0.4, 0.5) is 5.13 Å². The summed E-state index contributed by atoms with van der Waals surface area (Å²) in [5, 5.41) is 12.7. The number of benzene rings is 1. The van der Waals surface area contributed by atoms with Crippen LogP contribution in [0.5, 0.6) is 5.75 Å². The number of rotatable bonds is 5. The summed E-state index contributed by atoms with van der Waals surface area (Å²) >= 11 is 1.33. The SMILES string of the molecule is COc1ccc(C#N)cc1-c1cc(C)ncc1C(=O)Nc1nc2cc(-c3cccnc3)ncc2s1. The highest BCUT2D eigenvalue weighted by molar-refractivity contribution is 7.22. The Bertz CT molecular complexity index is 1610. The van der Waals surface area contributed by atoms with Crippen molar-refractivity contribution in [2.45, 2.75) is 6.92 Å². The molecule has 0 radical (unpaired) electrons. The summed E-state index contributed by atoms with van der Waals surface area (Å²) in [5.74, 6) is 0.189. The van der Waals surface area contributed by atoms with E-state index in [1.807, 2.05) is 25.1 Å². The van der Waals surface area contributed by atoms with E-state index in [0.717, 1.165) is 27.2 Å². The van der Waals surface area contributed by atoms with Crippen LogP contribution in [0, 0.1) is 18.3 Å². The summed E-state index contributed by atoms with van der Waals surface area (Å²) in [4.78, 5) is 30.9. The van der Waals surface area contributed by atoms with Crippen molar-refractivity contribution in [3.05, 3.63) is 84.1 Å². The number of fused-ring (bicyclic) bond motifs is 1. The second-order valence-corrected chi connectivity index (χ2v) is 8.68. The summed E-state index contributed by atoms with van der Waals surface area (Å²) in [6.07, 6.45) is 6.71. The zero-order valence-corrected chi connectivity index (χ0v) is 19.6. The van der Waals surface area contributed by atoms with Crippen molar-refractivity contribution in [2.24, 2.45) is 0 Å². The number of pyridine rings is 3. The Balaban J connectivity index is 1.50. The molecule has 0 saturated carbocycles. The van der Waals surface area contributed by atoms with Crippen molar-refractivity contribution in [2.75, 3.05) is 12.4 Å². The Morgan fingerprint density at radius 3 is 2.74 bits per heavy atom. The van der Waals surface area contributed by atoms with Crippen LogP contribution in [-0.2, 0) is 0 Å². The number of hydrogen-bond donors (Lipinski definition) is 1. The quantitative estimate of drug-likeness (QED) is 0.367. The zero-order valence-electron chi connectivity index (χ0n) is 18.8. The lowest BCUT2D eigenvalue weighted by atomic mass is 9.97. The molecule has 1 aromatic carbocycles. The Hall–Kier alpha value is -4.68. The Morgan fingerprint density at radius 2 is 1.97 bits per heavy atom. The van der Waals surface area contributed by atoms with Crippen molar-refractivity contribution >= 4 is 32.6 Å². The first-order chi connectivity index (χ1) is 17.1. The topological polar surface area (TPSA) is 114 Å². The number of hydrogen-bond acceptors (Lipinski definition) is 8. The predicted molar refractivity (Wildman–Crippen MR) is 134 cm³/mol. The highest BCUT2D eigenvalue weighted by Crippen LogP contribution is 2.34. The van der Waals surface area contributed by atoms with Gasteiger partial charge in [-0.15, -0.1) is 0 Å². The number of nitrogens with one attached hydrogen (secondary N) is 1. The number of thiazole rings is 1. The molecule has 0 aliphatic heterocycles. The molecule has 0 aliphatic carbocycles. The number of amides is 1. The Kier molecular flexibility index (Phi) is 5.87. The van der Waals surface area contributed by atoms with Crippen LogP contribution in [0.2, 0.25) is 0 Å². The fourth-order valence-corrected chi connectivity index (χ4v) is 4.49. The first kappa shape index (κ1) is 22.1. The van der Waals surface area contributed by atoms with Crippen molar-refractivity contribution in [1.29, 1.82) is 5.26 Å². The van der Waals surface area contributed by atoms with Crippen molar-refractivity contribution in [1.82, 2.24) is 19.9 Å². The van der Waals surface area contributed by atoms with Crippen LogP contribution in [0.15, 0.2) is 67.3 Å². The highest BCUT2D eigenvalue weighted by atomic mass is 32.1. The average molecular weight is 479 g/mol. The number of aromatic nitrogens is 4. The molecule has 170 valence electrons. The summed E-state index contributed by atoms with van der Waals surface area (Å²) in [7, 11) is 1.55. The molecule has 5 aromatic rings. The molecule has 0 bridgehead atoms. The second-order valence-electron chi connectivity index (χ2n) is 7.65. The van der Waals surface area contributed by atoms with E-state index in [2.05, 4.69) is 31.3 Å². The smallest absolute Gasteiger partial charge is 0.259 e. The third-order valence-electron chi connectivity index (χ3n) is 5.36. The van der Waals surface area contributed by atoms with Crippen LogP contribution in [0.1, 0.15) is 21.6 Å². The minimum atomic E-state index is -0.364. The van der Waals surface area contributed by atoms with Gasteiger partial charge in [0.1, 0.15) is 5.75 Å². The molecule has 4 aromatic heterocycles. The first-order valence-electron chi connectivity index (χ1n) is 10.6. The van der Waals surface area contributed by atoms with E-state index in [1.54, 1.807) is 50.0 Å². The van der Waals surface area contributed by atoms with Crippen molar-refractivity contribution in [3.63, 3.8) is 0 Å². The van der Waals surface area contributed by atoms with E-state index in [0.29, 0.717) is 33.1 Å². The normalized spacial score (nSPS) is 10.7. The van der Waals surface area contributed by atoms with E-state index < -0.39 is 0 Å². The molecule has 0 saturated heterocycles. The fraction of sp³-hybridized carbons (Fsp3) is 0.0769. The molecular weight excluding hydrogens is 460 g/mol. The largest absolute Gasteiger partial charge is 0.496 e. The number of anilines is 1. The van der Waals surface area contributed by atoms with Gasteiger partial charge >= 0.3 is 0 Å². The van der Waals surface area contributed by atoms with Gasteiger partial charge in [-0.3, -0.25) is 25.1 Å². The Labute approximate surface area is 204 Å². The van der Waals surface area contributed by atoms with Gasteiger partial charge in [0, 0.05) is 47.2 Å². The minimum Gasteiger partial charge on any atom is -0.496 e. The third-order valence-corrected chi connectivity index (χ3v) is 6.28.